The molecule has 0 unspecified atom stereocenters. The molecule has 0 atom stereocenters. The molecular formula is C10H12BrNO3. The van der Waals surface area contributed by atoms with Crippen molar-refractivity contribution in [1.29, 1.82) is 0 Å². The van der Waals surface area contributed by atoms with E-state index in [1.807, 2.05) is 13.8 Å². The van der Waals surface area contributed by atoms with Crippen LogP contribution in [0.4, 0.5) is 0 Å². The smallest absolute Gasteiger partial charge is 0.356 e. The molecule has 1 rings (SSSR count). The molecule has 0 saturated carbocycles. The third-order valence-electron chi connectivity index (χ3n) is 1.78. The average Bonchev–Trinajstić information content (AvgIpc) is 2.23. The van der Waals surface area contributed by atoms with E-state index >= 15 is 0 Å². The number of aromatic nitrogens is 1. The highest BCUT2D eigenvalue weighted by Crippen LogP contribution is 2.27. The van der Waals surface area contributed by atoms with Crippen molar-refractivity contribution in [2.75, 3.05) is 13.7 Å². The second-order valence-electron chi connectivity index (χ2n) is 2.87. The second kappa shape index (κ2) is 5.11. The fourth-order valence-electron chi connectivity index (χ4n) is 1.07. The van der Waals surface area contributed by atoms with Gasteiger partial charge >= 0.3 is 5.97 Å². The van der Waals surface area contributed by atoms with E-state index in [4.69, 9.17) is 4.74 Å². The zero-order valence-corrected chi connectivity index (χ0v) is 10.4. The van der Waals surface area contributed by atoms with Crippen LogP contribution in [0.1, 0.15) is 23.0 Å². The van der Waals surface area contributed by atoms with Crippen molar-refractivity contribution in [3.8, 4) is 5.88 Å². The fourth-order valence-corrected chi connectivity index (χ4v) is 1.39. The third kappa shape index (κ3) is 2.68. The summed E-state index contributed by atoms with van der Waals surface area (Å²) >= 11 is 3.35. The highest BCUT2D eigenvalue weighted by molar-refractivity contribution is 9.10. The molecule has 0 aliphatic heterocycles. The van der Waals surface area contributed by atoms with Gasteiger partial charge in [0.1, 0.15) is 0 Å². The van der Waals surface area contributed by atoms with E-state index in [-0.39, 0.29) is 5.69 Å². The number of aryl methyl sites for hydroxylation is 1. The van der Waals surface area contributed by atoms with Gasteiger partial charge in [-0.25, -0.2) is 9.78 Å². The lowest BCUT2D eigenvalue weighted by atomic mass is 10.2. The Bertz CT molecular complexity index is 379. The highest BCUT2D eigenvalue weighted by Gasteiger charge is 2.14. The molecule has 0 amide bonds. The van der Waals surface area contributed by atoms with Gasteiger partial charge in [-0.3, -0.25) is 0 Å². The first kappa shape index (κ1) is 12.0. The molecule has 0 radical (unpaired) electrons. The number of pyridine rings is 1. The van der Waals surface area contributed by atoms with E-state index in [1.54, 1.807) is 6.07 Å². The Morgan fingerprint density at radius 1 is 1.60 bits per heavy atom. The lowest BCUT2D eigenvalue weighted by molar-refractivity contribution is 0.0592. The molecule has 82 valence electrons. The zero-order valence-electron chi connectivity index (χ0n) is 8.83. The van der Waals surface area contributed by atoms with Crippen molar-refractivity contribution >= 4 is 21.9 Å². The van der Waals surface area contributed by atoms with Crippen LogP contribution in [0.3, 0.4) is 0 Å². The summed E-state index contributed by atoms with van der Waals surface area (Å²) in [4.78, 5) is 15.3. The maximum atomic E-state index is 11.3. The molecular weight excluding hydrogens is 262 g/mol. The Kier molecular flexibility index (Phi) is 4.08. The Hall–Kier alpha value is -1.10. The summed E-state index contributed by atoms with van der Waals surface area (Å²) < 4.78 is 10.6. The average molecular weight is 274 g/mol. The predicted molar refractivity (Wildman–Crippen MR) is 59.2 cm³/mol. The summed E-state index contributed by atoms with van der Waals surface area (Å²) in [7, 11) is 1.32. The number of esters is 1. The zero-order chi connectivity index (χ0) is 11.4. The summed E-state index contributed by atoms with van der Waals surface area (Å²) in [6.45, 7) is 4.21. The largest absolute Gasteiger partial charge is 0.477 e. The van der Waals surface area contributed by atoms with E-state index in [1.165, 1.54) is 7.11 Å². The van der Waals surface area contributed by atoms with Crippen molar-refractivity contribution in [2.24, 2.45) is 0 Å². The number of hydrogen-bond donors (Lipinski definition) is 0. The molecule has 1 aromatic rings. The van der Waals surface area contributed by atoms with Crippen molar-refractivity contribution in [3.63, 3.8) is 0 Å². The third-order valence-corrected chi connectivity index (χ3v) is 2.75. The molecule has 0 aliphatic carbocycles. The number of ether oxygens (including phenoxy) is 2. The lowest BCUT2D eigenvalue weighted by Gasteiger charge is -2.08. The fraction of sp³-hybridized carbons (Fsp3) is 0.400. The first-order valence-electron chi connectivity index (χ1n) is 4.48. The molecule has 0 fully saturated rings. The molecule has 0 N–H and O–H groups in total. The Morgan fingerprint density at radius 2 is 2.27 bits per heavy atom. The van der Waals surface area contributed by atoms with Crippen LogP contribution in [-0.4, -0.2) is 24.7 Å². The van der Waals surface area contributed by atoms with Gasteiger partial charge in [0.2, 0.25) is 5.88 Å². The maximum Gasteiger partial charge on any atom is 0.356 e. The van der Waals surface area contributed by atoms with Gasteiger partial charge in [0, 0.05) is 0 Å². The minimum absolute atomic E-state index is 0.252. The Morgan fingerprint density at radius 3 is 2.80 bits per heavy atom. The van der Waals surface area contributed by atoms with Gasteiger partial charge in [-0.1, -0.05) is 0 Å². The number of hydrogen-bond acceptors (Lipinski definition) is 4. The number of carbonyl (C=O) groups is 1. The number of methoxy groups -OCH3 is 1. The molecule has 0 spiro atoms. The van der Waals surface area contributed by atoms with Gasteiger partial charge in [0.15, 0.2) is 5.69 Å². The molecule has 4 nitrogen and oxygen atoms in total. The molecule has 1 aromatic heterocycles. The summed E-state index contributed by atoms with van der Waals surface area (Å²) in [6, 6.07) is 1.65. The summed E-state index contributed by atoms with van der Waals surface area (Å²) in [6.07, 6.45) is 0. The van der Waals surface area contributed by atoms with Crippen LogP contribution in [0.15, 0.2) is 10.5 Å². The molecule has 0 saturated heterocycles. The van der Waals surface area contributed by atoms with Gasteiger partial charge in [-0.05, 0) is 41.4 Å². The molecule has 0 aromatic carbocycles. The summed E-state index contributed by atoms with van der Waals surface area (Å²) in [5.41, 5.74) is 1.13. The molecule has 0 bridgehead atoms. The van der Waals surface area contributed by atoms with Crippen molar-refractivity contribution in [3.05, 3.63) is 21.8 Å². The minimum atomic E-state index is -0.466. The number of halogens is 1. The van der Waals surface area contributed by atoms with Crippen LogP contribution < -0.4 is 4.74 Å². The first-order chi connectivity index (χ1) is 7.10. The van der Waals surface area contributed by atoms with Crippen molar-refractivity contribution in [2.45, 2.75) is 13.8 Å². The van der Waals surface area contributed by atoms with Gasteiger partial charge in [0.05, 0.1) is 18.2 Å². The van der Waals surface area contributed by atoms with Gasteiger partial charge in [-0.15, -0.1) is 0 Å². The topological polar surface area (TPSA) is 48.4 Å². The standard InChI is InChI=1S/C10H12BrNO3/c1-4-15-9-8(11)6(2)5-7(12-9)10(13)14-3/h5H,4H2,1-3H3. The quantitative estimate of drug-likeness (QED) is 0.794. The van der Waals surface area contributed by atoms with Crippen LogP contribution in [0.5, 0.6) is 5.88 Å². The Labute approximate surface area is 96.7 Å². The van der Waals surface area contributed by atoms with Crippen LogP contribution in [0.2, 0.25) is 0 Å². The van der Waals surface area contributed by atoms with E-state index in [0.29, 0.717) is 12.5 Å². The maximum absolute atomic E-state index is 11.3. The summed E-state index contributed by atoms with van der Waals surface area (Å²) in [5, 5.41) is 0. The molecule has 1 heterocycles. The first-order valence-corrected chi connectivity index (χ1v) is 5.27. The van der Waals surface area contributed by atoms with Gasteiger partial charge < -0.3 is 9.47 Å². The van der Waals surface area contributed by atoms with Crippen LogP contribution in [0, 0.1) is 6.92 Å². The SMILES string of the molecule is CCOc1nc(C(=O)OC)cc(C)c1Br. The second-order valence-corrected chi connectivity index (χ2v) is 3.66. The lowest BCUT2D eigenvalue weighted by Crippen LogP contribution is -2.07. The number of nitrogens with zero attached hydrogens (tertiary/aromatic N) is 1. The predicted octanol–water partition coefficient (Wildman–Crippen LogP) is 2.34. The van der Waals surface area contributed by atoms with Crippen LogP contribution in [-0.2, 0) is 4.74 Å². The van der Waals surface area contributed by atoms with Crippen molar-refractivity contribution in [1.82, 2.24) is 4.98 Å². The highest BCUT2D eigenvalue weighted by atomic mass is 79.9. The van der Waals surface area contributed by atoms with E-state index in [2.05, 4.69) is 25.7 Å². The Balaban J connectivity index is 3.16. The van der Waals surface area contributed by atoms with Gasteiger partial charge in [-0.2, -0.15) is 0 Å². The molecule has 5 heteroatoms. The van der Waals surface area contributed by atoms with Crippen LogP contribution in [0.25, 0.3) is 0 Å². The van der Waals surface area contributed by atoms with E-state index < -0.39 is 5.97 Å². The van der Waals surface area contributed by atoms with E-state index in [9.17, 15) is 4.79 Å². The van der Waals surface area contributed by atoms with E-state index in [0.717, 1.165) is 10.0 Å². The van der Waals surface area contributed by atoms with Crippen LogP contribution >= 0.6 is 15.9 Å². The van der Waals surface area contributed by atoms with Gasteiger partial charge in [0.25, 0.3) is 0 Å². The van der Waals surface area contributed by atoms with Crippen molar-refractivity contribution < 1.29 is 14.3 Å². The number of rotatable bonds is 3. The number of carbonyl (C=O) groups excluding carboxylic acids is 1. The molecule has 0 aliphatic rings. The normalized spacial score (nSPS) is 9.87. The minimum Gasteiger partial charge on any atom is -0.477 e. The molecule has 15 heavy (non-hydrogen) atoms. The monoisotopic (exact) mass is 273 g/mol. The summed E-state index contributed by atoms with van der Waals surface area (Å²) in [5.74, 6) is -0.0514.